The summed E-state index contributed by atoms with van der Waals surface area (Å²) >= 11 is 0. The molecule has 0 unspecified atom stereocenters. The van der Waals surface area contributed by atoms with Gasteiger partial charge in [-0.1, -0.05) is 30.4 Å². The van der Waals surface area contributed by atoms with Crippen LogP contribution in [0.15, 0.2) is 54.8 Å². The van der Waals surface area contributed by atoms with Crippen molar-refractivity contribution in [2.45, 2.75) is 13.8 Å². The van der Waals surface area contributed by atoms with Crippen molar-refractivity contribution < 1.29 is 0 Å². The standard InChI is InChI=1S/C16H17N3.C2H2/c1-3-7-12(4-2)13-10-16-18(11-13)14-8-5-6-9-15(14)19(16)17;1-2/h3-11H,17H2,1-2H3;1-2H/b7-3-,12-4+;. The third-order valence-corrected chi connectivity index (χ3v) is 3.44. The molecule has 0 saturated carbocycles. The van der Waals surface area contributed by atoms with Gasteiger partial charge in [0.15, 0.2) is 0 Å². The molecule has 21 heavy (non-hydrogen) atoms. The lowest BCUT2D eigenvalue weighted by Crippen LogP contribution is -2.06. The van der Waals surface area contributed by atoms with Gasteiger partial charge in [-0.25, -0.2) is 4.68 Å². The highest BCUT2D eigenvalue weighted by atomic mass is 15.3. The van der Waals surface area contributed by atoms with Crippen molar-refractivity contribution in [3.63, 3.8) is 0 Å². The fraction of sp³-hybridized carbons (Fsp3) is 0.111. The minimum absolute atomic E-state index is 1.00. The van der Waals surface area contributed by atoms with E-state index in [0.717, 1.165) is 16.7 Å². The lowest BCUT2D eigenvalue weighted by Gasteiger charge is -1.98. The lowest BCUT2D eigenvalue weighted by molar-refractivity contribution is 1.09. The van der Waals surface area contributed by atoms with E-state index in [1.807, 2.05) is 38.1 Å². The van der Waals surface area contributed by atoms with Gasteiger partial charge in [0.25, 0.3) is 0 Å². The summed E-state index contributed by atoms with van der Waals surface area (Å²) in [6, 6.07) is 10.3. The van der Waals surface area contributed by atoms with Gasteiger partial charge in [-0.15, -0.1) is 12.8 Å². The molecule has 0 aliphatic rings. The third kappa shape index (κ3) is 2.32. The number of allylic oxidation sites excluding steroid dienone is 4. The average Bonchev–Trinajstić information content (AvgIpc) is 3.08. The van der Waals surface area contributed by atoms with Crippen LogP contribution in [-0.4, -0.2) is 9.08 Å². The van der Waals surface area contributed by atoms with Crippen molar-refractivity contribution in [1.29, 1.82) is 0 Å². The monoisotopic (exact) mass is 277 g/mol. The van der Waals surface area contributed by atoms with Crippen LogP contribution < -0.4 is 5.84 Å². The highest BCUT2D eigenvalue weighted by molar-refractivity contribution is 5.85. The molecule has 1 aromatic carbocycles. The van der Waals surface area contributed by atoms with E-state index in [0.29, 0.717) is 0 Å². The number of hydrogen-bond acceptors (Lipinski definition) is 1. The summed E-state index contributed by atoms with van der Waals surface area (Å²) in [7, 11) is 0. The number of nitrogens with two attached hydrogens (primary N) is 1. The Morgan fingerprint density at radius 3 is 2.43 bits per heavy atom. The zero-order valence-corrected chi connectivity index (χ0v) is 12.3. The first-order valence-corrected chi connectivity index (χ1v) is 6.75. The highest BCUT2D eigenvalue weighted by Gasteiger charge is 2.10. The van der Waals surface area contributed by atoms with Crippen LogP contribution in [0.4, 0.5) is 0 Å². The van der Waals surface area contributed by atoms with Crippen molar-refractivity contribution in [2.24, 2.45) is 0 Å². The molecule has 0 aliphatic carbocycles. The summed E-state index contributed by atoms with van der Waals surface area (Å²) in [5.41, 5.74) is 5.55. The van der Waals surface area contributed by atoms with Crippen molar-refractivity contribution in [3.05, 3.63) is 60.3 Å². The molecule has 0 radical (unpaired) electrons. The second kappa shape index (κ2) is 6.06. The number of hydrogen-bond donors (Lipinski definition) is 1. The maximum atomic E-state index is 6.16. The van der Waals surface area contributed by atoms with Gasteiger partial charge in [-0.3, -0.25) is 4.40 Å². The Balaban J connectivity index is 0.000000774. The molecule has 3 aromatic rings. The van der Waals surface area contributed by atoms with Gasteiger partial charge in [0.1, 0.15) is 5.65 Å². The molecular weight excluding hydrogens is 258 g/mol. The quantitative estimate of drug-likeness (QED) is 0.431. The number of imidazole rings is 1. The zero-order chi connectivity index (χ0) is 15.4. The van der Waals surface area contributed by atoms with E-state index in [-0.39, 0.29) is 0 Å². The van der Waals surface area contributed by atoms with Crippen LogP contribution in [0.3, 0.4) is 0 Å². The van der Waals surface area contributed by atoms with Crippen molar-refractivity contribution in [1.82, 2.24) is 9.08 Å². The van der Waals surface area contributed by atoms with E-state index >= 15 is 0 Å². The second-order valence-corrected chi connectivity index (χ2v) is 4.56. The van der Waals surface area contributed by atoms with Gasteiger partial charge in [0, 0.05) is 11.8 Å². The maximum absolute atomic E-state index is 6.16. The molecule has 3 heteroatoms. The minimum atomic E-state index is 1.00. The Hall–Kier alpha value is -2.86. The van der Waals surface area contributed by atoms with Crippen LogP contribution in [0, 0.1) is 12.8 Å². The normalized spacial score (nSPS) is 11.9. The Morgan fingerprint density at radius 1 is 1.14 bits per heavy atom. The van der Waals surface area contributed by atoms with Crippen LogP contribution in [0.5, 0.6) is 0 Å². The van der Waals surface area contributed by atoms with E-state index in [2.05, 4.69) is 47.7 Å². The molecule has 0 atom stereocenters. The molecular formula is C18H19N3. The van der Waals surface area contributed by atoms with Crippen LogP contribution in [0.25, 0.3) is 22.3 Å². The molecule has 0 amide bonds. The first-order chi connectivity index (χ1) is 10.3. The molecule has 2 aromatic heterocycles. The van der Waals surface area contributed by atoms with Crippen LogP contribution >= 0.6 is 0 Å². The van der Waals surface area contributed by atoms with Gasteiger partial charge in [0.2, 0.25) is 0 Å². The van der Waals surface area contributed by atoms with Crippen LogP contribution in [0.1, 0.15) is 19.4 Å². The molecule has 106 valence electrons. The zero-order valence-electron chi connectivity index (χ0n) is 12.3. The first-order valence-electron chi connectivity index (χ1n) is 6.75. The van der Waals surface area contributed by atoms with E-state index in [9.17, 15) is 0 Å². The molecule has 0 fully saturated rings. The van der Waals surface area contributed by atoms with Crippen LogP contribution in [0.2, 0.25) is 0 Å². The SMILES string of the molecule is C#C.C/C=C\C(=C/C)c1cc2n(N)c3ccccc3n2c1. The number of nitrogens with zero attached hydrogens (tertiary/aromatic N) is 2. The summed E-state index contributed by atoms with van der Waals surface area (Å²) in [4.78, 5) is 0. The van der Waals surface area contributed by atoms with Gasteiger partial charge in [-0.2, -0.15) is 0 Å². The fourth-order valence-electron chi connectivity index (χ4n) is 2.52. The number of rotatable bonds is 2. The summed E-state index contributed by atoms with van der Waals surface area (Å²) in [5.74, 6) is 6.16. The molecule has 0 aliphatic heterocycles. The van der Waals surface area contributed by atoms with Crippen molar-refractivity contribution >= 4 is 22.3 Å². The Labute approximate surface area is 125 Å². The summed E-state index contributed by atoms with van der Waals surface area (Å²) in [6.45, 7) is 4.07. The maximum Gasteiger partial charge on any atom is 0.137 e. The van der Waals surface area contributed by atoms with Gasteiger partial charge < -0.3 is 5.84 Å². The molecule has 2 N–H and O–H groups in total. The highest BCUT2D eigenvalue weighted by Crippen LogP contribution is 2.25. The smallest absolute Gasteiger partial charge is 0.137 e. The van der Waals surface area contributed by atoms with E-state index in [1.165, 1.54) is 11.1 Å². The molecule has 0 saturated heterocycles. The Morgan fingerprint density at radius 2 is 1.81 bits per heavy atom. The predicted octanol–water partition coefficient (Wildman–Crippen LogP) is 3.84. The topological polar surface area (TPSA) is 35.4 Å². The van der Waals surface area contributed by atoms with Crippen molar-refractivity contribution in [3.8, 4) is 12.8 Å². The minimum Gasteiger partial charge on any atom is -0.337 e. The second-order valence-electron chi connectivity index (χ2n) is 4.56. The molecule has 2 heterocycles. The number of aromatic nitrogens is 2. The van der Waals surface area contributed by atoms with Crippen LogP contribution in [-0.2, 0) is 0 Å². The Kier molecular flexibility index (Phi) is 4.20. The molecule has 0 spiro atoms. The predicted molar refractivity (Wildman–Crippen MR) is 91.4 cm³/mol. The number of fused-ring (bicyclic) bond motifs is 3. The van der Waals surface area contributed by atoms with Gasteiger partial charge in [-0.05, 0) is 37.6 Å². The number of terminal acetylenes is 1. The van der Waals surface area contributed by atoms with E-state index < -0.39 is 0 Å². The fourth-order valence-corrected chi connectivity index (χ4v) is 2.52. The molecule has 3 nitrogen and oxygen atoms in total. The molecule has 0 bridgehead atoms. The van der Waals surface area contributed by atoms with Gasteiger partial charge in [0.05, 0.1) is 11.0 Å². The largest absolute Gasteiger partial charge is 0.337 e. The number of para-hydroxylation sites is 2. The Bertz CT molecular complexity index is 841. The lowest BCUT2D eigenvalue weighted by atomic mass is 10.1. The molecule has 3 rings (SSSR count). The van der Waals surface area contributed by atoms with Gasteiger partial charge >= 0.3 is 0 Å². The van der Waals surface area contributed by atoms with E-state index in [4.69, 9.17) is 5.84 Å². The third-order valence-electron chi connectivity index (χ3n) is 3.44. The van der Waals surface area contributed by atoms with E-state index in [1.54, 1.807) is 4.68 Å². The average molecular weight is 277 g/mol. The summed E-state index contributed by atoms with van der Waals surface area (Å²) < 4.78 is 3.87. The summed E-state index contributed by atoms with van der Waals surface area (Å²) in [6.07, 6.45) is 16.4. The first kappa shape index (κ1) is 14.5. The number of benzene rings is 1. The number of nitrogen functional groups attached to an aromatic ring is 1. The van der Waals surface area contributed by atoms with Crippen molar-refractivity contribution in [2.75, 3.05) is 5.84 Å². The summed E-state index contributed by atoms with van der Waals surface area (Å²) in [5, 5.41) is 0.